The van der Waals surface area contributed by atoms with Crippen molar-refractivity contribution in [1.29, 1.82) is 0 Å². The zero-order valence-corrected chi connectivity index (χ0v) is 10.6. The summed E-state index contributed by atoms with van der Waals surface area (Å²) in [5.41, 5.74) is 1.31. The Balaban J connectivity index is 2.53. The summed E-state index contributed by atoms with van der Waals surface area (Å²) in [4.78, 5) is 4.15. The molecule has 0 fully saturated rings. The highest BCUT2D eigenvalue weighted by molar-refractivity contribution is 9.10. The number of sulfonamides is 1. The molecule has 0 saturated heterocycles. The van der Waals surface area contributed by atoms with Crippen molar-refractivity contribution in [3.63, 3.8) is 0 Å². The Hall–Kier alpha value is -1.14. The van der Waals surface area contributed by atoms with E-state index in [0.29, 0.717) is 5.69 Å². The van der Waals surface area contributed by atoms with Gasteiger partial charge in [-0.1, -0.05) is 22.0 Å². The second-order valence-electron chi connectivity index (χ2n) is 3.20. The van der Waals surface area contributed by atoms with Gasteiger partial charge in [-0.2, -0.15) is 0 Å². The lowest BCUT2D eigenvalue weighted by molar-refractivity contribution is 0.606. The van der Waals surface area contributed by atoms with Crippen molar-refractivity contribution in [3.05, 3.63) is 36.5 Å². The van der Waals surface area contributed by atoms with Gasteiger partial charge in [0.05, 0.1) is 11.2 Å². The average Bonchev–Trinajstić information content (AvgIpc) is 2.29. The number of fused-ring (bicyclic) bond motifs is 1. The van der Waals surface area contributed by atoms with Crippen LogP contribution in [0.25, 0.3) is 10.9 Å². The van der Waals surface area contributed by atoms with Crippen LogP contribution in [-0.2, 0) is 10.0 Å². The van der Waals surface area contributed by atoms with Crippen LogP contribution in [0.1, 0.15) is 0 Å². The zero-order chi connectivity index (χ0) is 11.6. The Morgan fingerprint density at radius 1 is 1.25 bits per heavy atom. The molecule has 6 heteroatoms. The first kappa shape index (κ1) is 11.3. The van der Waals surface area contributed by atoms with Gasteiger partial charge < -0.3 is 0 Å². The Labute approximate surface area is 102 Å². The molecule has 0 atom stereocenters. The third-order valence-electron chi connectivity index (χ3n) is 2.05. The molecule has 0 unspecified atom stereocenters. The van der Waals surface area contributed by atoms with E-state index in [4.69, 9.17) is 0 Å². The molecule has 1 aromatic heterocycles. The maximum absolute atomic E-state index is 11.4. The van der Waals surface area contributed by atoms with Gasteiger partial charge in [-0.25, -0.2) is 8.42 Å². The van der Waals surface area contributed by atoms with Crippen LogP contribution in [0, 0.1) is 0 Å². The van der Waals surface area contributed by atoms with Crippen LogP contribution in [0.5, 0.6) is 0 Å². The highest BCUT2D eigenvalue weighted by Gasteiger charge is 2.09. The molecule has 16 heavy (non-hydrogen) atoms. The predicted molar refractivity (Wildman–Crippen MR) is 68.1 cm³/mol. The third-order valence-corrected chi connectivity index (χ3v) is 4.68. The third kappa shape index (κ3) is 2.33. The molecule has 0 aliphatic heterocycles. The lowest BCUT2D eigenvalue weighted by Crippen LogP contribution is -2.13. The summed E-state index contributed by atoms with van der Waals surface area (Å²) in [6.07, 6.45) is 1.67. The fraction of sp³-hybridized carbons (Fsp3) is 0.100. The highest BCUT2D eigenvalue weighted by atomic mass is 79.9. The Bertz CT molecular complexity index is 608. The number of hydrogen-bond donors (Lipinski definition) is 1. The van der Waals surface area contributed by atoms with E-state index < -0.39 is 10.0 Å². The van der Waals surface area contributed by atoms with E-state index in [9.17, 15) is 8.42 Å². The van der Waals surface area contributed by atoms with Crippen LogP contribution < -0.4 is 4.72 Å². The molecule has 2 aromatic rings. The smallest absolute Gasteiger partial charge is 0.242 e. The number of benzene rings is 1. The van der Waals surface area contributed by atoms with Crippen molar-refractivity contribution in [2.75, 3.05) is 9.38 Å². The molecule has 1 N–H and O–H groups in total. The van der Waals surface area contributed by atoms with Gasteiger partial charge in [0, 0.05) is 11.6 Å². The van der Waals surface area contributed by atoms with Crippen LogP contribution in [0.2, 0.25) is 0 Å². The van der Waals surface area contributed by atoms with E-state index in [1.807, 2.05) is 12.1 Å². The fourth-order valence-electron chi connectivity index (χ4n) is 1.39. The fourth-order valence-corrected chi connectivity index (χ4v) is 2.30. The molecule has 4 nitrogen and oxygen atoms in total. The van der Waals surface area contributed by atoms with Gasteiger partial charge in [0.25, 0.3) is 0 Å². The molecule has 0 aliphatic carbocycles. The Morgan fingerprint density at radius 2 is 2.06 bits per heavy atom. The van der Waals surface area contributed by atoms with Crippen LogP contribution in [0.4, 0.5) is 5.69 Å². The summed E-state index contributed by atoms with van der Waals surface area (Å²) < 4.78 is 25.2. The first-order valence-electron chi connectivity index (χ1n) is 4.52. The van der Waals surface area contributed by atoms with Gasteiger partial charge in [0.15, 0.2) is 0 Å². The van der Waals surface area contributed by atoms with Crippen molar-refractivity contribution < 1.29 is 8.42 Å². The van der Waals surface area contributed by atoms with Gasteiger partial charge >= 0.3 is 0 Å². The molecule has 1 heterocycles. The quantitative estimate of drug-likeness (QED) is 0.885. The van der Waals surface area contributed by atoms with Crippen molar-refractivity contribution in [2.24, 2.45) is 0 Å². The van der Waals surface area contributed by atoms with Gasteiger partial charge in [0.1, 0.15) is 4.66 Å². The van der Waals surface area contributed by atoms with E-state index in [2.05, 4.69) is 25.6 Å². The summed E-state index contributed by atoms with van der Waals surface area (Å²) in [7, 11) is -3.33. The number of aromatic nitrogens is 1. The first-order chi connectivity index (χ1) is 7.62. The van der Waals surface area contributed by atoms with Crippen molar-refractivity contribution in [2.45, 2.75) is 0 Å². The molecular weight excluding hydrogens is 292 g/mol. The summed E-state index contributed by atoms with van der Waals surface area (Å²) >= 11 is 2.93. The number of rotatable bonds is 3. The molecular formula is C10H9BrN2O2S. The molecule has 0 amide bonds. The maximum atomic E-state index is 11.4. The standard InChI is InChI=1S/C10H9BrN2O2S/c11-7-16(14,15)13-10-5-1-4-9-8(10)3-2-6-12-9/h1-6,13H,7H2. The van der Waals surface area contributed by atoms with E-state index >= 15 is 0 Å². The molecule has 2 rings (SSSR count). The minimum atomic E-state index is -3.33. The van der Waals surface area contributed by atoms with E-state index in [1.165, 1.54) is 0 Å². The van der Waals surface area contributed by atoms with Crippen molar-refractivity contribution in [1.82, 2.24) is 4.98 Å². The van der Waals surface area contributed by atoms with Crippen LogP contribution >= 0.6 is 15.9 Å². The topological polar surface area (TPSA) is 59.1 Å². The van der Waals surface area contributed by atoms with Crippen LogP contribution in [0.3, 0.4) is 0 Å². The van der Waals surface area contributed by atoms with Crippen LogP contribution in [-0.4, -0.2) is 18.1 Å². The molecule has 84 valence electrons. The number of nitrogens with zero attached hydrogens (tertiary/aromatic N) is 1. The normalized spacial score (nSPS) is 11.6. The summed E-state index contributed by atoms with van der Waals surface area (Å²) in [6.45, 7) is 0. The number of pyridine rings is 1. The van der Waals surface area contributed by atoms with E-state index in [-0.39, 0.29) is 4.66 Å². The number of anilines is 1. The van der Waals surface area contributed by atoms with Crippen LogP contribution in [0.15, 0.2) is 36.5 Å². The number of halogens is 1. The maximum Gasteiger partial charge on any atom is 0.242 e. The summed E-state index contributed by atoms with van der Waals surface area (Å²) in [6, 6.07) is 8.91. The van der Waals surface area contributed by atoms with E-state index in [1.54, 1.807) is 24.4 Å². The number of alkyl halides is 1. The minimum absolute atomic E-state index is 0.128. The second-order valence-corrected chi connectivity index (χ2v) is 6.23. The molecule has 0 aliphatic rings. The molecule has 0 radical (unpaired) electrons. The van der Waals surface area contributed by atoms with Gasteiger partial charge in [-0.05, 0) is 24.3 Å². The summed E-state index contributed by atoms with van der Waals surface area (Å²) in [5, 5.41) is 0.787. The SMILES string of the molecule is O=S(=O)(CBr)Nc1cccc2ncccc12. The molecule has 0 saturated carbocycles. The van der Waals surface area contributed by atoms with Gasteiger partial charge in [-0.15, -0.1) is 0 Å². The summed E-state index contributed by atoms with van der Waals surface area (Å²) in [5.74, 6) is 0. The molecule has 0 bridgehead atoms. The molecule has 0 spiro atoms. The lowest BCUT2D eigenvalue weighted by Gasteiger charge is -2.07. The van der Waals surface area contributed by atoms with Gasteiger partial charge in [0.2, 0.25) is 10.0 Å². The lowest BCUT2D eigenvalue weighted by atomic mass is 10.2. The largest absolute Gasteiger partial charge is 0.282 e. The number of hydrogen-bond acceptors (Lipinski definition) is 3. The highest BCUT2D eigenvalue weighted by Crippen LogP contribution is 2.22. The van der Waals surface area contributed by atoms with E-state index in [0.717, 1.165) is 10.9 Å². The van der Waals surface area contributed by atoms with Crippen molar-refractivity contribution in [3.8, 4) is 0 Å². The monoisotopic (exact) mass is 300 g/mol. The molecule has 1 aromatic carbocycles. The first-order valence-corrected chi connectivity index (χ1v) is 7.30. The van der Waals surface area contributed by atoms with Crippen molar-refractivity contribution >= 4 is 42.5 Å². The zero-order valence-electron chi connectivity index (χ0n) is 8.22. The Morgan fingerprint density at radius 3 is 2.81 bits per heavy atom. The number of nitrogens with one attached hydrogen (secondary N) is 1. The Kier molecular flexibility index (Phi) is 3.11. The predicted octanol–water partition coefficient (Wildman–Crippen LogP) is 2.33. The minimum Gasteiger partial charge on any atom is -0.282 e. The average molecular weight is 301 g/mol. The second kappa shape index (κ2) is 4.39. The van der Waals surface area contributed by atoms with Gasteiger partial charge in [-0.3, -0.25) is 9.71 Å².